The van der Waals surface area contributed by atoms with E-state index in [0.29, 0.717) is 0 Å². The van der Waals surface area contributed by atoms with E-state index in [-0.39, 0.29) is 17.8 Å². The molecule has 0 N–H and O–H groups in total. The summed E-state index contributed by atoms with van der Waals surface area (Å²) in [5, 5.41) is 1.03. The minimum atomic E-state index is -3.18. The Kier molecular flexibility index (Phi) is 12.9. The fraction of sp³-hybridized carbons (Fsp3) is 1.00. The van der Waals surface area contributed by atoms with Crippen molar-refractivity contribution in [3.05, 3.63) is 0 Å². The molecule has 0 aliphatic heterocycles. The average Bonchev–Trinajstić information content (AvgIpc) is 2.63. The van der Waals surface area contributed by atoms with Gasteiger partial charge in [0.05, 0.1) is 15.7 Å². The molecular formula is C21H45AlO6S3. The molecule has 186 valence electrons. The molecule has 0 heterocycles. The zero-order valence-electron chi connectivity index (χ0n) is 21.0. The van der Waals surface area contributed by atoms with Gasteiger partial charge in [-0.3, -0.25) is 0 Å². The summed E-state index contributed by atoms with van der Waals surface area (Å²) in [5.74, 6) is 0.0521. The molecule has 6 atom stereocenters. The van der Waals surface area contributed by atoms with Crippen molar-refractivity contribution in [2.45, 2.75) is 92.4 Å². The van der Waals surface area contributed by atoms with Crippen molar-refractivity contribution in [1.29, 1.82) is 0 Å². The first-order chi connectivity index (χ1) is 13.9. The van der Waals surface area contributed by atoms with Gasteiger partial charge in [0.2, 0.25) is 0 Å². The van der Waals surface area contributed by atoms with Crippen LogP contribution in [0.1, 0.15) is 60.8 Å². The van der Waals surface area contributed by atoms with Crippen molar-refractivity contribution in [3.8, 4) is 0 Å². The summed E-state index contributed by atoms with van der Waals surface area (Å²) >= 11 is -1.64. The number of hydrogen-bond donors (Lipinski definition) is 0. The minimum absolute atomic E-state index is 0.0174. The Morgan fingerprint density at radius 3 is 0.839 bits per heavy atom. The monoisotopic (exact) mass is 516 g/mol. The molecule has 0 saturated heterocycles. The quantitative estimate of drug-likeness (QED) is 0.306. The highest BCUT2D eigenvalue weighted by Crippen LogP contribution is 2.33. The number of hydrogen-bond acceptors (Lipinski definition) is 6. The predicted molar refractivity (Wildman–Crippen MR) is 134 cm³/mol. The van der Waals surface area contributed by atoms with Gasteiger partial charge < -0.3 is 0 Å². The Balaban J connectivity index is 5.99. The second kappa shape index (κ2) is 12.7. The van der Waals surface area contributed by atoms with Gasteiger partial charge in [0, 0.05) is 18.8 Å². The zero-order valence-corrected chi connectivity index (χ0v) is 24.6. The lowest BCUT2D eigenvalue weighted by atomic mass is 10.1. The lowest BCUT2D eigenvalue weighted by molar-refractivity contribution is 0.480. The summed E-state index contributed by atoms with van der Waals surface area (Å²) in [6.45, 7) is 11.3. The normalized spacial score (nSPS) is 19.3. The van der Waals surface area contributed by atoms with E-state index < -0.39 is 59.4 Å². The van der Waals surface area contributed by atoms with Crippen molar-refractivity contribution in [3.63, 3.8) is 0 Å². The first-order valence-corrected chi connectivity index (χ1v) is 19.8. The van der Waals surface area contributed by atoms with Gasteiger partial charge in [-0.15, -0.1) is 0 Å². The van der Waals surface area contributed by atoms with E-state index in [0.717, 1.165) is 35.1 Å². The Morgan fingerprint density at radius 2 is 0.710 bits per heavy atom. The molecule has 31 heavy (non-hydrogen) atoms. The van der Waals surface area contributed by atoms with E-state index in [1.165, 1.54) is 18.8 Å². The molecule has 6 nitrogen and oxygen atoms in total. The van der Waals surface area contributed by atoms with Crippen LogP contribution < -0.4 is 0 Å². The van der Waals surface area contributed by atoms with Crippen LogP contribution in [0.5, 0.6) is 0 Å². The molecule has 10 heteroatoms. The van der Waals surface area contributed by atoms with Crippen LogP contribution in [-0.2, 0) is 29.5 Å². The van der Waals surface area contributed by atoms with Crippen LogP contribution in [0.4, 0.5) is 0 Å². The summed E-state index contributed by atoms with van der Waals surface area (Å²) < 4.78 is 73.2. The highest BCUT2D eigenvalue weighted by molar-refractivity contribution is 7.91. The van der Waals surface area contributed by atoms with Gasteiger partial charge in [0.25, 0.3) is 14.1 Å². The summed E-state index contributed by atoms with van der Waals surface area (Å²) in [5.41, 5.74) is 0. The lowest BCUT2D eigenvalue weighted by Gasteiger charge is -2.31. The number of sulfone groups is 3. The summed E-state index contributed by atoms with van der Waals surface area (Å²) in [6, 6.07) is 0. The summed E-state index contributed by atoms with van der Waals surface area (Å²) in [6.07, 6.45) is 6.06. The van der Waals surface area contributed by atoms with Crippen molar-refractivity contribution in [2.75, 3.05) is 18.8 Å². The second-order valence-corrected chi connectivity index (χ2v) is 20.0. The van der Waals surface area contributed by atoms with Gasteiger partial charge in [-0.25, -0.2) is 25.3 Å². The van der Waals surface area contributed by atoms with Crippen LogP contribution in [0.25, 0.3) is 0 Å². The molecule has 0 aromatic carbocycles. The van der Waals surface area contributed by atoms with E-state index in [2.05, 4.69) is 0 Å². The van der Waals surface area contributed by atoms with Gasteiger partial charge >= 0.3 is 0 Å². The molecule has 0 saturated carbocycles. The fourth-order valence-electron chi connectivity index (χ4n) is 4.69. The molecule has 0 aromatic heterocycles. The molecule has 0 rings (SSSR count). The highest BCUT2D eigenvalue weighted by atomic mass is 32.2. The largest absolute Gasteiger partial charge is 0.262 e. The van der Waals surface area contributed by atoms with Crippen molar-refractivity contribution < 1.29 is 25.3 Å². The molecule has 6 unspecified atom stereocenters. The third-order valence-electron chi connectivity index (χ3n) is 7.50. The van der Waals surface area contributed by atoms with E-state index in [4.69, 9.17) is 0 Å². The van der Waals surface area contributed by atoms with Gasteiger partial charge in [-0.1, -0.05) is 55.9 Å². The molecule has 0 spiro atoms. The van der Waals surface area contributed by atoms with Crippen LogP contribution in [0.15, 0.2) is 0 Å². The first kappa shape index (κ1) is 31.4. The van der Waals surface area contributed by atoms with E-state index in [1.54, 1.807) is 20.8 Å². The maximum absolute atomic E-state index is 12.2. The third-order valence-corrected chi connectivity index (χ3v) is 16.5. The van der Waals surface area contributed by atoms with Gasteiger partial charge in [0.15, 0.2) is 0 Å². The van der Waals surface area contributed by atoms with E-state index in [9.17, 15) is 25.3 Å². The maximum Gasteiger partial charge on any atom is 0.262 e. The van der Waals surface area contributed by atoms with Crippen LogP contribution >= 0.6 is 0 Å². The average molecular weight is 517 g/mol. The molecule has 0 fully saturated rings. The van der Waals surface area contributed by atoms with E-state index in [1.807, 2.05) is 20.8 Å². The molecule has 0 radical (unpaired) electrons. The van der Waals surface area contributed by atoms with Gasteiger partial charge in [-0.05, 0) is 38.5 Å². The van der Waals surface area contributed by atoms with Gasteiger partial charge in [-0.2, -0.15) is 0 Å². The standard InChI is InChI=1S/3C7H15O2S.Al/c3*1-5-6(2)7(3)10(4,8)9;/h3*6-7H,2,5H2,1,3-4H3;. The zero-order chi connectivity index (χ0) is 24.8. The van der Waals surface area contributed by atoms with Crippen LogP contribution in [-0.4, -0.2) is 73.9 Å². The van der Waals surface area contributed by atoms with E-state index >= 15 is 0 Å². The lowest BCUT2D eigenvalue weighted by Crippen LogP contribution is -2.36. The SMILES string of the molecule is CCC([CH2][Al]([CH2]C(CC)C(C)S(C)(=O)=O)[CH2]C(CC)C(C)S(C)(=O)=O)C(C)S(C)(=O)=O. The molecular weight excluding hydrogens is 471 g/mol. The topological polar surface area (TPSA) is 102 Å². The smallest absolute Gasteiger partial charge is 0.229 e. The predicted octanol–water partition coefficient (Wildman–Crippen LogP) is 3.86. The third kappa shape index (κ3) is 10.5. The van der Waals surface area contributed by atoms with Crippen molar-refractivity contribution >= 4 is 43.7 Å². The van der Waals surface area contributed by atoms with Crippen LogP contribution in [0, 0.1) is 17.8 Å². The summed E-state index contributed by atoms with van der Waals surface area (Å²) in [7, 11) is -9.53. The van der Waals surface area contributed by atoms with Gasteiger partial charge in [0.1, 0.15) is 29.5 Å². The highest BCUT2D eigenvalue weighted by Gasteiger charge is 2.37. The molecule has 0 aliphatic carbocycles. The summed E-state index contributed by atoms with van der Waals surface area (Å²) in [4.78, 5) is 0. The first-order valence-electron chi connectivity index (χ1n) is 11.5. The Labute approximate surface area is 197 Å². The fourth-order valence-corrected chi connectivity index (χ4v) is 13.7. The molecule has 0 aliphatic rings. The Bertz CT molecular complexity index is 737. The van der Waals surface area contributed by atoms with Crippen LogP contribution in [0.2, 0.25) is 15.8 Å². The maximum atomic E-state index is 12.2. The molecule has 0 amide bonds. The van der Waals surface area contributed by atoms with Crippen molar-refractivity contribution in [2.24, 2.45) is 17.8 Å². The van der Waals surface area contributed by atoms with Crippen LogP contribution in [0.3, 0.4) is 0 Å². The Hall–Kier alpha value is 0.382. The second-order valence-electron chi connectivity index (χ2n) is 9.68. The molecule has 0 aromatic rings. The Morgan fingerprint density at radius 1 is 0.516 bits per heavy atom. The number of rotatable bonds is 15. The van der Waals surface area contributed by atoms with Crippen molar-refractivity contribution in [1.82, 2.24) is 0 Å². The minimum Gasteiger partial charge on any atom is -0.229 e. The molecule has 0 bridgehead atoms.